The van der Waals surface area contributed by atoms with Crippen LogP contribution in [0.4, 0.5) is 5.69 Å². The summed E-state index contributed by atoms with van der Waals surface area (Å²) >= 11 is 5.94. The largest absolute Gasteiger partial charge is 0.507 e. The van der Waals surface area contributed by atoms with Gasteiger partial charge in [-0.05, 0) is 52.7 Å². The van der Waals surface area contributed by atoms with Crippen molar-refractivity contribution in [3.63, 3.8) is 0 Å². The second-order valence-corrected chi connectivity index (χ2v) is 7.48. The summed E-state index contributed by atoms with van der Waals surface area (Å²) < 4.78 is 5.86. The molecule has 1 aromatic heterocycles. The number of rotatable bonds is 4. The van der Waals surface area contributed by atoms with Crippen molar-refractivity contribution in [2.24, 2.45) is 4.99 Å². The van der Waals surface area contributed by atoms with Crippen LogP contribution in [0.15, 0.2) is 88.3 Å². The molecular formula is C25H17ClN2O2. The van der Waals surface area contributed by atoms with Gasteiger partial charge in [0.1, 0.15) is 11.3 Å². The Hall–Kier alpha value is -3.63. The van der Waals surface area contributed by atoms with Gasteiger partial charge in [0, 0.05) is 23.2 Å². The minimum atomic E-state index is 0.199. The van der Waals surface area contributed by atoms with Crippen molar-refractivity contribution < 1.29 is 9.52 Å². The molecule has 0 aliphatic carbocycles. The second kappa shape index (κ2) is 7.65. The molecule has 0 spiro atoms. The molecule has 1 heterocycles. The van der Waals surface area contributed by atoms with Crippen LogP contribution in [0.1, 0.15) is 17.0 Å². The van der Waals surface area contributed by atoms with Gasteiger partial charge in [-0.25, -0.2) is 4.98 Å². The number of aromatic hydroxyl groups is 1. The van der Waals surface area contributed by atoms with Crippen LogP contribution in [0.3, 0.4) is 0 Å². The second-order valence-electron chi connectivity index (χ2n) is 7.04. The molecule has 0 saturated heterocycles. The van der Waals surface area contributed by atoms with Crippen molar-refractivity contribution in [2.45, 2.75) is 6.42 Å². The minimum Gasteiger partial charge on any atom is -0.507 e. The van der Waals surface area contributed by atoms with E-state index in [1.807, 2.05) is 72.8 Å². The lowest BCUT2D eigenvalue weighted by atomic mass is 10.0. The Labute approximate surface area is 178 Å². The van der Waals surface area contributed by atoms with E-state index in [0.29, 0.717) is 28.5 Å². The highest BCUT2D eigenvalue weighted by atomic mass is 35.5. The summed E-state index contributed by atoms with van der Waals surface area (Å²) in [6.45, 7) is 0. The lowest BCUT2D eigenvalue weighted by Gasteiger charge is -2.04. The highest BCUT2D eigenvalue weighted by Crippen LogP contribution is 2.27. The van der Waals surface area contributed by atoms with E-state index < -0.39 is 0 Å². The zero-order chi connectivity index (χ0) is 20.5. The van der Waals surface area contributed by atoms with Crippen molar-refractivity contribution in [3.05, 3.63) is 101 Å². The van der Waals surface area contributed by atoms with Gasteiger partial charge in [0.25, 0.3) is 0 Å². The average molecular weight is 413 g/mol. The Balaban J connectivity index is 1.44. The van der Waals surface area contributed by atoms with Crippen LogP contribution in [0, 0.1) is 0 Å². The van der Waals surface area contributed by atoms with E-state index in [0.717, 1.165) is 27.5 Å². The number of hydrogen-bond donors (Lipinski definition) is 1. The maximum atomic E-state index is 10.3. The Bertz CT molecular complexity index is 1390. The summed E-state index contributed by atoms with van der Waals surface area (Å²) in [5, 5.41) is 13.0. The van der Waals surface area contributed by atoms with Gasteiger partial charge in [-0.2, -0.15) is 0 Å². The molecule has 30 heavy (non-hydrogen) atoms. The maximum absolute atomic E-state index is 10.3. The number of benzene rings is 4. The monoisotopic (exact) mass is 412 g/mol. The SMILES string of the molecule is Oc1ccc2ccccc2c1C=Nc1ccc2oc(Cc3ccc(Cl)cc3)nc2c1. The fourth-order valence-corrected chi connectivity index (χ4v) is 3.58. The molecule has 0 aliphatic heterocycles. The predicted octanol–water partition coefficient (Wildman–Crippen LogP) is 6.68. The first-order valence-electron chi connectivity index (χ1n) is 9.54. The summed E-state index contributed by atoms with van der Waals surface area (Å²) in [6.07, 6.45) is 2.28. The summed E-state index contributed by atoms with van der Waals surface area (Å²) in [4.78, 5) is 9.15. The lowest BCUT2D eigenvalue weighted by molar-refractivity contribution is 0.475. The first-order valence-corrected chi connectivity index (χ1v) is 9.92. The molecule has 0 atom stereocenters. The van der Waals surface area contributed by atoms with Crippen LogP contribution in [0.2, 0.25) is 5.02 Å². The lowest BCUT2D eigenvalue weighted by Crippen LogP contribution is -1.87. The van der Waals surface area contributed by atoms with E-state index >= 15 is 0 Å². The number of oxazole rings is 1. The number of nitrogens with zero attached hydrogens (tertiary/aromatic N) is 2. The molecule has 0 radical (unpaired) electrons. The number of halogens is 1. The normalized spacial score (nSPS) is 11.6. The van der Waals surface area contributed by atoms with Crippen molar-refractivity contribution in [1.82, 2.24) is 4.98 Å². The molecule has 4 aromatic carbocycles. The highest BCUT2D eigenvalue weighted by Gasteiger charge is 2.08. The Kier molecular flexibility index (Phi) is 4.69. The third-order valence-electron chi connectivity index (χ3n) is 4.97. The van der Waals surface area contributed by atoms with E-state index in [2.05, 4.69) is 9.98 Å². The van der Waals surface area contributed by atoms with Gasteiger partial charge in [-0.3, -0.25) is 4.99 Å². The third kappa shape index (κ3) is 3.65. The molecule has 4 nitrogen and oxygen atoms in total. The summed E-state index contributed by atoms with van der Waals surface area (Å²) in [5.41, 5.74) is 3.97. The average Bonchev–Trinajstić information content (AvgIpc) is 3.16. The fourth-order valence-electron chi connectivity index (χ4n) is 3.46. The van der Waals surface area contributed by atoms with E-state index in [1.165, 1.54) is 0 Å². The molecule has 5 heteroatoms. The first-order chi connectivity index (χ1) is 14.7. The highest BCUT2D eigenvalue weighted by molar-refractivity contribution is 6.30. The van der Waals surface area contributed by atoms with Crippen LogP contribution in [0.5, 0.6) is 5.75 Å². The fraction of sp³-hybridized carbons (Fsp3) is 0.0400. The van der Waals surface area contributed by atoms with E-state index in [-0.39, 0.29) is 5.75 Å². The maximum Gasteiger partial charge on any atom is 0.199 e. The van der Waals surface area contributed by atoms with Crippen LogP contribution < -0.4 is 0 Å². The number of hydrogen-bond acceptors (Lipinski definition) is 4. The Morgan fingerprint density at radius 2 is 1.80 bits per heavy atom. The molecule has 146 valence electrons. The molecule has 0 bridgehead atoms. The summed E-state index contributed by atoms with van der Waals surface area (Å²) in [5.74, 6) is 0.838. The van der Waals surface area contributed by atoms with Crippen LogP contribution in [0.25, 0.3) is 21.9 Å². The standard InChI is InChI=1S/C25H17ClN2O2/c26-18-8-5-16(6-9-18)13-25-28-22-14-19(10-12-24(22)30-25)27-15-21-20-4-2-1-3-17(20)7-11-23(21)29/h1-12,14-15,29H,13H2. The molecule has 0 unspecified atom stereocenters. The molecule has 1 N–H and O–H groups in total. The summed E-state index contributed by atoms with van der Waals surface area (Å²) in [7, 11) is 0. The van der Waals surface area contributed by atoms with Crippen molar-refractivity contribution in [3.8, 4) is 5.75 Å². The van der Waals surface area contributed by atoms with E-state index in [9.17, 15) is 5.11 Å². The Morgan fingerprint density at radius 3 is 2.67 bits per heavy atom. The van der Waals surface area contributed by atoms with Crippen molar-refractivity contribution in [1.29, 1.82) is 0 Å². The van der Waals surface area contributed by atoms with Crippen LogP contribution in [-0.2, 0) is 6.42 Å². The van der Waals surface area contributed by atoms with Crippen molar-refractivity contribution >= 4 is 45.4 Å². The van der Waals surface area contributed by atoms with E-state index in [4.69, 9.17) is 16.0 Å². The van der Waals surface area contributed by atoms with Gasteiger partial charge in [0.05, 0.1) is 5.69 Å². The number of aromatic nitrogens is 1. The Morgan fingerprint density at radius 1 is 0.967 bits per heavy atom. The van der Waals surface area contributed by atoms with Crippen molar-refractivity contribution in [2.75, 3.05) is 0 Å². The van der Waals surface area contributed by atoms with Gasteiger partial charge in [-0.15, -0.1) is 0 Å². The quantitative estimate of drug-likeness (QED) is 0.335. The smallest absolute Gasteiger partial charge is 0.199 e. The van der Waals surface area contributed by atoms with Gasteiger partial charge in [-0.1, -0.05) is 54.1 Å². The molecular weight excluding hydrogens is 396 g/mol. The summed E-state index contributed by atoms with van der Waals surface area (Å²) in [6, 6.07) is 24.7. The zero-order valence-corrected chi connectivity index (χ0v) is 16.7. The molecule has 5 rings (SSSR count). The number of phenolic OH excluding ortho intramolecular Hbond substituents is 1. The number of aliphatic imine (C=N–C) groups is 1. The molecule has 5 aromatic rings. The zero-order valence-electron chi connectivity index (χ0n) is 15.9. The molecule has 0 fully saturated rings. The molecule has 0 aliphatic rings. The van der Waals surface area contributed by atoms with E-state index in [1.54, 1.807) is 12.3 Å². The van der Waals surface area contributed by atoms with Crippen LogP contribution in [-0.4, -0.2) is 16.3 Å². The van der Waals surface area contributed by atoms with Gasteiger partial charge < -0.3 is 9.52 Å². The predicted molar refractivity (Wildman–Crippen MR) is 121 cm³/mol. The van der Waals surface area contributed by atoms with Gasteiger partial charge in [0.15, 0.2) is 11.5 Å². The third-order valence-corrected chi connectivity index (χ3v) is 5.23. The molecule has 0 saturated carbocycles. The van der Waals surface area contributed by atoms with Crippen LogP contribution >= 0.6 is 11.6 Å². The van der Waals surface area contributed by atoms with Gasteiger partial charge >= 0.3 is 0 Å². The molecule has 0 amide bonds. The number of phenols is 1. The number of fused-ring (bicyclic) bond motifs is 2. The first kappa shape index (κ1) is 18.4. The van der Waals surface area contributed by atoms with Gasteiger partial charge in [0.2, 0.25) is 0 Å². The minimum absolute atomic E-state index is 0.199. The topological polar surface area (TPSA) is 58.6 Å².